The van der Waals surface area contributed by atoms with Gasteiger partial charge in [-0.1, -0.05) is 12.1 Å². The van der Waals surface area contributed by atoms with Crippen molar-refractivity contribution in [3.05, 3.63) is 35.4 Å². The third-order valence-corrected chi connectivity index (χ3v) is 11.8. The fourth-order valence-electron chi connectivity index (χ4n) is 10.8. The quantitative estimate of drug-likeness (QED) is 0.310. The number of hydrogen-bond donors (Lipinski definition) is 4. The van der Waals surface area contributed by atoms with Crippen molar-refractivity contribution in [2.24, 2.45) is 47.3 Å². The number of rotatable bonds is 6. The van der Waals surface area contributed by atoms with E-state index in [-0.39, 0.29) is 24.8 Å². The summed E-state index contributed by atoms with van der Waals surface area (Å²) in [4.78, 5) is 0. The topological polar surface area (TPSA) is 64.5 Å². The Labute approximate surface area is 239 Å². The molecule has 4 N–H and O–H groups in total. The van der Waals surface area contributed by atoms with Gasteiger partial charge >= 0.3 is 0 Å². The van der Waals surface area contributed by atoms with Gasteiger partial charge in [0.05, 0.1) is 0 Å². The molecule has 8 aliphatic rings. The minimum absolute atomic E-state index is 0. The summed E-state index contributed by atoms with van der Waals surface area (Å²) in [6, 6.07) is 9.12. The molecular weight excluding hydrogens is 515 g/mol. The molecule has 0 amide bonds. The number of halogens is 2. The molecule has 0 aliphatic heterocycles. The Morgan fingerprint density at radius 2 is 1.00 bits per heavy atom. The van der Waals surface area contributed by atoms with Gasteiger partial charge in [-0.15, -0.1) is 24.8 Å². The van der Waals surface area contributed by atoms with Crippen LogP contribution >= 0.6 is 24.8 Å². The predicted molar refractivity (Wildman–Crippen MR) is 157 cm³/mol. The van der Waals surface area contributed by atoms with E-state index in [4.69, 9.17) is 0 Å². The molecule has 0 radical (unpaired) electrons. The van der Waals surface area contributed by atoms with Crippen molar-refractivity contribution in [3.8, 4) is 11.5 Å². The van der Waals surface area contributed by atoms with Gasteiger partial charge < -0.3 is 20.8 Å². The van der Waals surface area contributed by atoms with Crippen LogP contribution in [0.1, 0.15) is 75.3 Å². The molecule has 2 aromatic carbocycles. The molecule has 38 heavy (non-hydrogen) atoms. The Kier molecular flexibility index (Phi) is 7.33. The molecular formula is C32H44Cl2N2O2. The Bertz CT molecular complexity index is 1130. The normalized spacial score (nSPS) is 39.8. The third-order valence-electron chi connectivity index (χ3n) is 11.8. The summed E-state index contributed by atoms with van der Waals surface area (Å²) in [5.74, 6) is 7.95. The van der Waals surface area contributed by atoms with E-state index >= 15 is 0 Å². The van der Waals surface area contributed by atoms with Gasteiger partial charge in [-0.2, -0.15) is 0 Å². The highest BCUT2D eigenvalue weighted by atomic mass is 35.5. The first-order valence-electron chi connectivity index (χ1n) is 15.0. The second kappa shape index (κ2) is 10.3. The lowest BCUT2D eigenvalue weighted by molar-refractivity contribution is -0.0143. The molecule has 0 unspecified atom stereocenters. The molecule has 4 nitrogen and oxygen atoms in total. The zero-order valence-corrected chi connectivity index (χ0v) is 23.9. The average molecular weight is 560 g/mol. The summed E-state index contributed by atoms with van der Waals surface area (Å²) < 4.78 is 0. The fraction of sp³-hybridized carbons (Fsp3) is 0.688. The molecule has 2 aromatic rings. The minimum atomic E-state index is 0. The van der Waals surface area contributed by atoms with Crippen LogP contribution < -0.4 is 10.6 Å². The predicted octanol–water partition coefficient (Wildman–Crippen LogP) is 6.92. The zero-order chi connectivity index (χ0) is 24.0. The molecule has 0 atom stereocenters. The summed E-state index contributed by atoms with van der Waals surface area (Å²) in [6.07, 6.45) is 14.2. The standard InChI is InChI=1S/C32H42N2O2.2ClH/c35-29-4-3-27-26(28(29)16-34-31-24-11-19-6-20(13-24)14-25(31)12-19)2-1-21(32(27)36)15-33-30-22-7-17-5-18(9-22)10-23(30)8-17;;/h1-4,17-20,22-25,30-31,33-36H,5-16H2;2*1H. The van der Waals surface area contributed by atoms with E-state index in [2.05, 4.69) is 22.8 Å². The van der Waals surface area contributed by atoms with Gasteiger partial charge in [0.25, 0.3) is 0 Å². The van der Waals surface area contributed by atoms with Crippen LogP contribution in [0.4, 0.5) is 0 Å². The van der Waals surface area contributed by atoms with Crippen molar-refractivity contribution >= 4 is 35.6 Å². The van der Waals surface area contributed by atoms with E-state index in [9.17, 15) is 10.2 Å². The first-order valence-corrected chi connectivity index (χ1v) is 15.0. The lowest BCUT2D eigenvalue weighted by atomic mass is 9.54. The number of benzene rings is 2. The molecule has 8 fully saturated rings. The third kappa shape index (κ3) is 4.42. The summed E-state index contributed by atoms with van der Waals surface area (Å²) in [5.41, 5.74) is 1.93. The molecule has 208 valence electrons. The van der Waals surface area contributed by atoms with Crippen LogP contribution in [-0.4, -0.2) is 22.3 Å². The molecule has 0 heterocycles. The highest BCUT2D eigenvalue weighted by molar-refractivity contribution is 5.93. The van der Waals surface area contributed by atoms with Crippen LogP contribution in [0.25, 0.3) is 10.8 Å². The molecule has 0 saturated heterocycles. The zero-order valence-electron chi connectivity index (χ0n) is 22.3. The maximum atomic E-state index is 11.3. The molecule has 0 spiro atoms. The van der Waals surface area contributed by atoms with Crippen LogP contribution in [0.15, 0.2) is 24.3 Å². The number of nitrogens with one attached hydrogen (secondary N) is 2. The summed E-state index contributed by atoms with van der Waals surface area (Å²) >= 11 is 0. The van der Waals surface area contributed by atoms with Gasteiger partial charge in [-0.3, -0.25) is 0 Å². The summed E-state index contributed by atoms with van der Waals surface area (Å²) in [6.45, 7) is 1.41. The number of phenols is 2. The lowest BCUT2D eigenvalue weighted by Crippen LogP contribution is -2.54. The molecule has 8 aliphatic carbocycles. The van der Waals surface area contributed by atoms with Gasteiger partial charge in [-0.25, -0.2) is 0 Å². The first-order chi connectivity index (χ1) is 17.6. The second-order valence-electron chi connectivity index (χ2n) is 13.9. The van der Waals surface area contributed by atoms with Gasteiger partial charge in [0.2, 0.25) is 0 Å². The lowest BCUT2D eigenvalue weighted by Gasteiger charge is -2.54. The van der Waals surface area contributed by atoms with Gasteiger partial charge in [0, 0.05) is 41.7 Å². The van der Waals surface area contributed by atoms with Crippen molar-refractivity contribution < 1.29 is 10.2 Å². The maximum Gasteiger partial charge on any atom is 0.127 e. The van der Waals surface area contributed by atoms with Crippen LogP contribution in [0.2, 0.25) is 0 Å². The Morgan fingerprint density at radius 1 is 0.553 bits per heavy atom. The maximum absolute atomic E-state index is 11.3. The summed E-state index contributed by atoms with van der Waals surface area (Å²) in [7, 11) is 0. The Hall–Kier alpha value is -1.20. The molecule has 6 heteroatoms. The second-order valence-corrected chi connectivity index (χ2v) is 13.9. The number of hydrogen-bond acceptors (Lipinski definition) is 4. The van der Waals surface area contributed by atoms with Crippen molar-refractivity contribution in [2.75, 3.05) is 0 Å². The van der Waals surface area contributed by atoms with Gasteiger partial charge in [-0.05, 0) is 129 Å². The highest BCUT2D eigenvalue weighted by Gasteiger charge is 2.49. The highest BCUT2D eigenvalue weighted by Crippen LogP contribution is 2.55. The largest absolute Gasteiger partial charge is 0.508 e. The van der Waals surface area contributed by atoms with E-state index in [1.807, 2.05) is 6.07 Å². The number of aromatic hydroxyl groups is 2. The van der Waals surface area contributed by atoms with E-state index < -0.39 is 0 Å². The number of phenolic OH excluding ortho intramolecular Hbond substituents is 2. The smallest absolute Gasteiger partial charge is 0.127 e. The first kappa shape index (κ1) is 27.0. The van der Waals surface area contributed by atoms with Crippen LogP contribution in [0.5, 0.6) is 11.5 Å². The fourth-order valence-corrected chi connectivity index (χ4v) is 10.8. The van der Waals surface area contributed by atoms with Crippen molar-refractivity contribution in [1.82, 2.24) is 10.6 Å². The van der Waals surface area contributed by atoms with Crippen molar-refractivity contribution in [3.63, 3.8) is 0 Å². The van der Waals surface area contributed by atoms with Crippen molar-refractivity contribution in [1.29, 1.82) is 0 Å². The Morgan fingerprint density at radius 3 is 1.50 bits per heavy atom. The van der Waals surface area contributed by atoms with E-state index in [0.29, 0.717) is 30.1 Å². The van der Waals surface area contributed by atoms with E-state index in [0.717, 1.165) is 75.8 Å². The minimum Gasteiger partial charge on any atom is -0.508 e. The number of fused-ring (bicyclic) bond motifs is 1. The monoisotopic (exact) mass is 558 g/mol. The molecule has 0 aromatic heterocycles. The average Bonchev–Trinajstić information content (AvgIpc) is 2.84. The van der Waals surface area contributed by atoms with Crippen LogP contribution in [-0.2, 0) is 13.1 Å². The van der Waals surface area contributed by atoms with E-state index in [1.54, 1.807) is 6.07 Å². The Balaban J connectivity index is 0.00000132. The van der Waals surface area contributed by atoms with Crippen LogP contribution in [0, 0.1) is 47.3 Å². The molecule has 8 bridgehead atoms. The van der Waals surface area contributed by atoms with Gasteiger partial charge in [0.1, 0.15) is 11.5 Å². The summed E-state index contributed by atoms with van der Waals surface area (Å²) in [5, 5.41) is 31.7. The van der Waals surface area contributed by atoms with Crippen LogP contribution in [0.3, 0.4) is 0 Å². The van der Waals surface area contributed by atoms with Crippen molar-refractivity contribution in [2.45, 2.75) is 89.4 Å². The molecule has 8 saturated carbocycles. The molecule has 10 rings (SSSR count). The SMILES string of the molecule is Cl.Cl.Oc1ccc2c(O)c(CNC3C4CC5CC(C4)CC3C5)ccc2c1CNC1C2CC3CC(C2)CC1C3. The van der Waals surface area contributed by atoms with Gasteiger partial charge in [0.15, 0.2) is 0 Å². The van der Waals surface area contributed by atoms with E-state index in [1.165, 1.54) is 64.2 Å².